The molecule has 0 aliphatic heterocycles. The summed E-state index contributed by atoms with van der Waals surface area (Å²) in [5.74, 6) is -0.566. The van der Waals surface area contributed by atoms with E-state index < -0.39 is 11.9 Å². The Balaban J connectivity index is 3.96. The fourth-order valence-corrected chi connectivity index (χ4v) is 1.12. The third kappa shape index (κ3) is 6.07. The largest absolute Gasteiger partial charge is 0.499 e. The molecule has 0 aromatic rings. The minimum absolute atomic E-state index is 0.365. The second-order valence-electron chi connectivity index (χ2n) is 3.36. The van der Waals surface area contributed by atoms with Crippen LogP contribution in [0.25, 0.3) is 0 Å². The molecular formula is C12H19NO3. The van der Waals surface area contributed by atoms with E-state index in [0.717, 1.165) is 6.42 Å². The number of nitriles is 1. The fourth-order valence-electron chi connectivity index (χ4n) is 1.12. The van der Waals surface area contributed by atoms with Crippen LogP contribution in [0.2, 0.25) is 0 Å². The van der Waals surface area contributed by atoms with Gasteiger partial charge in [-0.1, -0.05) is 13.5 Å². The summed E-state index contributed by atoms with van der Waals surface area (Å²) in [7, 11) is 0. The van der Waals surface area contributed by atoms with Crippen LogP contribution in [0.5, 0.6) is 0 Å². The van der Waals surface area contributed by atoms with Crippen molar-refractivity contribution in [2.24, 2.45) is 5.92 Å². The number of carbonyl (C=O) groups excluding carboxylic acids is 1. The van der Waals surface area contributed by atoms with Crippen LogP contribution in [0.1, 0.15) is 33.1 Å². The summed E-state index contributed by atoms with van der Waals surface area (Å²) >= 11 is 0. The first-order valence-corrected chi connectivity index (χ1v) is 5.52. The molecule has 0 heterocycles. The Morgan fingerprint density at radius 3 is 2.62 bits per heavy atom. The molecule has 0 spiro atoms. The van der Waals surface area contributed by atoms with Crippen molar-refractivity contribution in [1.29, 1.82) is 5.26 Å². The molecule has 0 aliphatic rings. The molecule has 0 amide bonds. The smallest absolute Gasteiger partial charge is 0.323 e. The lowest BCUT2D eigenvalue weighted by atomic mass is 10.0. The Morgan fingerprint density at radius 2 is 2.12 bits per heavy atom. The fraction of sp³-hybridized carbons (Fsp3) is 0.667. The Bertz CT molecular complexity index is 268. The van der Waals surface area contributed by atoms with Gasteiger partial charge in [-0.3, -0.25) is 4.79 Å². The van der Waals surface area contributed by atoms with Gasteiger partial charge >= 0.3 is 5.97 Å². The highest BCUT2D eigenvalue weighted by atomic mass is 16.5. The van der Waals surface area contributed by atoms with E-state index in [2.05, 4.69) is 6.58 Å². The van der Waals surface area contributed by atoms with Crippen LogP contribution in [0, 0.1) is 17.2 Å². The molecule has 0 aromatic carbocycles. The molecule has 1 unspecified atom stereocenters. The van der Waals surface area contributed by atoms with Crippen LogP contribution in [0.3, 0.4) is 0 Å². The molecule has 1 atom stereocenters. The molecule has 0 aliphatic carbocycles. The number of hydrogen-bond acceptors (Lipinski definition) is 4. The predicted molar refractivity (Wildman–Crippen MR) is 60.4 cm³/mol. The van der Waals surface area contributed by atoms with E-state index in [0.29, 0.717) is 31.8 Å². The highest BCUT2D eigenvalue weighted by molar-refractivity contribution is 5.75. The van der Waals surface area contributed by atoms with Crippen molar-refractivity contribution in [3.05, 3.63) is 12.3 Å². The Labute approximate surface area is 96.8 Å². The Morgan fingerprint density at radius 1 is 1.44 bits per heavy atom. The Kier molecular flexibility index (Phi) is 7.96. The second-order valence-corrected chi connectivity index (χ2v) is 3.36. The van der Waals surface area contributed by atoms with Crippen LogP contribution in [-0.2, 0) is 14.3 Å². The zero-order chi connectivity index (χ0) is 12.4. The van der Waals surface area contributed by atoms with E-state index in [-0.39, 0.29) is 0 Å². The molecular weight excluding hydrogens is 206 g/mol. The number of esters is 1. The van der Waals surface area contributed by atoms with E-state index in [1.807, 2.05) is 19.9 Å². The van der Waals surface area contributed by atoms with Crippen molar-refractivity contribution in [3.63, 3.8) is 0 Å². The molecule has 0 fully saturated rings. The van der Waals surface area contributed by atoms with Gasteiger partial charge in [-0.25, -0.2) is 0 Å². The first-order valence-electron chi connectivity index (χ1n) is 5.52. The van der Waals surface area contributed by atoms with Crippen LogP contribution in [-0.4, -0.2) is 19.2 Å². The highest BCUT2D eigenvalue weighted by Gasteiger charge is 2.19. The molecule has 0 saturated heterocycles. The van der Waals surface area contributed by atoms with Gasteiger partial charge < -0.3 is 9.47 Å². The van der Waals surface area contributed by atoms with Crippen LogP contribution in [0.15, 0.2) is 12.3 Å². The number of allylic oxidation sites excluding steroid dienone is 1. The zero-order valence-corrected chi connectivity index (χ0v) is 9.99. The Hall–Kier alpha value is -1.50. The van der Waals surface area contributed by atoms with Crippen molar-refractivity contribution in [3.8, 4) is 6.07 Å². The summed E-state index contributed by atoms with van der Waals surface area (Å²) in [4.78, 5) is 11.4. The first-order chi connectivity index (χ1) is 7.65. The number of nitrogens with zero attached hydrogens (tertiary/aromatic N) is 1. The van der Waals surface area contributed by atoms with Gasteiger partial charge in [-0.15, -0.1) is 0 Å². The van der Waals surface area contributed by atoms with Crippen molar-refractivity contribution < 1.29 is 14.3 Å². The summed E-state index contributed by atoms with van der Waals surface area (Å²) in [6, 6.07) is 1.94. The molecule has 4 nitrogen and oxygen atoms in total. The molecule has 0 radical (unpaired) electrons. The molecule has 0 saturated carbocycles. The van der Waals surface area contributed by atoms with E-state index in [4.69, 9.17) is 14.7 Å². The van der Waals surface area contributed by atoms with Crippen LogP contribution >= 0.6 is 0 Å². The van der Waals surface area contributed by atoms with Gasteiger partial charge in [0.25, 0.3) is 0 Å². The summed E-state index contributed by atoms with van der Waals surface area (Å²) in [6.07, 6.45) is 1.67. The molecule has 0 rings (SSSR count). The molecule has 4 heteroatoms. The third-order valence-electron chi connectivity index (χ3n) is 1.95. The lowest BCUT2D eigenvalue weighted by Gasteiger charge is -2.10. The lowest BCUT2D eigenvalue weighted by molar-refractivity contribution is -0.146. The third-order valence-corrected chi connectivity index (χ3v) is 1.95. The second kappa shape index (κ2) is 8.78. The van der Waals surface area contributed by atoms with Crippen molar-refractivity contribution in [1.82, 2.24) is 0 Å². The van der Waals surface area contributed by atoms with Crippen LogP contribution in [0.4, 0.5) is 0 Å². The van der Waals surface area contributed by atoms with Gasteiger partial charge in [0.15, 0.2) is 0 Å². The molecule has 0 bridgehead atoms. The van der Waals surface area contributed by atoms with E-state index in [1.54, 1.807) is 0 Å². The number of hydrogen-bond donors (Lipinski definition) is 0. The minimum atomic E-state index is -0.719. The normalized spacial score (nSPS) is 11.3. The molecule has 16 heavy (non-hydrogen) atoms. The average Bonchev–Trinajstić information content (AvgIpc) is 2.27. The quantitative estimate of drug-likeness (QED) is 0.470. The number of rotatable bonds is 8. The van der Waals surface area contributed by atoms with Gasteiger partial charge in [-0.2, -0.15) is 5.26 Å². The zero-order valence-electron chi connectivity index (χ0n) is 9.99. The van der Waals surface area contributed by atoms with E-state index >= 15 is 0 Å². The van der Waals surface area contributed by atoms with Crippen LogP contribution < -0.4 is 0 Å². The minimum Gasteiger partial charge on any atom is -0.499 e. The molecule has 90 valence electrons. The maximum absolute atomic E-state index is 11.4. The van der Waals surface area contributed by atoms with Gasteiger partial charge in [0, 0.05) is 6.42 Å². The van der Waals surface area contributed by atoms with Gasteiger partial charge in [0.05, 0.1) is 25.0 Å². The average molecular weight is 225 g/mol. The van der Waals surface area contributed by atoms with Gasteiger partial charge in [-0.05, 0) is 19.8 Å². The van der Waals surface area contributed by atoms with E-state index in [9.17, 15) is 4.79 Å². The summed E-state index contributed by atoms with van der Waals surface area (Å²) < 4.78 is 10.0. The molecule has 0 aromatic heterocycles. The summed E-state index contributed by atoms with van der Waals surface area (Å²) in [6.45, 7) is 8.38. The number of ether oxygens (including phenoxy) is 2. The maximum atomic E-state index is 11.4. The van der Waals surface area contributed by atoms with Crippen molar-refractivity contribution in [2.45, 2.75) is 33.1 Å². The monoisotopic (exact) mass is 225 g/mol. The lowest BCUT2D eigenvalue weighted by Crippen LogP contribution is -2.17. The van der Waals surface area contributed by atoms with E-state index in [1.165, 1.54) is 0 Å². The SMILES string of the molecule is C=C(CCC(C#N)C(=O)OCCC)OCC. The van der Waals surface area contributed by atoms with Gasteiger partial charge in [0.1, 0.15) is 5.92 Å². The standard InChI is InChI=1S/C12H19NO3/c1-4-8-16-12(14)11(9-13)7-6-10(3)15-5-2/h11H,3-8H2,1-2H3. The molecule has 0 N–H and O–H groups in total. The van der Waals surface area contributed by atoms with Crippen molar-refractivity contribution in [2.75, 3.05) is 13.2 Å². The summed E-state index contributed by atoms with van der Waals surface area (Å²) in [5, 5.41) is 8.82. The number of carbonyl (C=O) groups is 1. The highest BCUT2D eigenvalue weighted by Crippen LogP contribution is 2.13. The summed E-state index contributed by atoms with van der Waals surface area (Å²) in [5.41, 5.74) is 0. The topological polar surface area (TPSA) is 59.3 Å². The maximum Gasteiger partial charge on any atom is 0.323 e. The van der Waals surface area contributed by atoms with Gasteiger partial charge in [0.2, 0.25) is 0 Å². The first kappa shape index (κ1) is 14.5. The van der Waals surface area contributed by atoms with Crippen molar-refractivity contribution >= 4 is 5.97 Å². The predicted octanol–water partition coefficient (Wildman–Crippen LogP) is 2.41.